The van der Waals surface area contributed by atoms with Gasteiger partial charge in [0, 0.05) is 9.35 Å². The van der Waals surface area contributed by atoms with Crippen LogP contribution in [0.4, 0.5) is 0 Å². The van der Waals surface area contributed by atoms with E-state index in [4.69, 9.17) is 5.11 Å². The Bertz CT molecular complexity index is 333. The van der Waals surface area contributed by atoms with Gasteiger partial charge in [-0.05, 0) is 34.8 Å². The normalized spacial score (nSPS) is 10.5. The predicted molar refractivity (Wildman–Crippen MR) is 66.8 cm³/mol. The molecule has 0 aromatic carbocycles. The minimum Gasteiger partial charge on any atom is -0.477 e. The Hall–Kier alpha value is -0.350. The minimum atomic E-state index is -0.833. The van der Waals surface area contributed by atoms with Gasteiger partial charge in [-0.3, -0.25) is 0 Å². The van der Waals surface area contributed by atoms with Crippen molar-refractivity contribution in [2.45, 2.75) is 39.0 Å². The molecule has 0 saturated carbocycles. The Balaban J connectivity index is 2.50. The van der Waals surface area contributed by atoms with E-state index >= 15 is 0 Å². The number of hydrogen-bond acceptors (Lipinski definition) is 2. The first-order valence-corrected chi connectivity index (χ1v) is 6.77. The number of aryl methyl sites for hydroxylation is 1. The topological polar surface area (TPSA) is 37.3 Å². The third-order valence-electron chi connectivity index (χ3n) is 2.23. The van der Waals surface area contributed by atoms with Gasteiger partial charge in [0.1, 0.15) is 4.88 Å². The first-order valence-electron chi connectivity index (χ1n) is 5.16. The fraction of sp³-hybridized carbons (Fsp3) is 0.545. The van der Waals surface area contributed by atoms with Crippen molar-refractivity contribution < 1.29 is 9.90 Å². The summed E-state index contributed by atoms with van der Waals surface area (Å²) in [7, 11) is 0. The molecule has 4 heteroatoms. The molecule has 0 unspecified atom stereocenters. The number of unbranched alkanes of at least 4 members (excludes halogenated alkanes) is 3. The first kappa shape index (κ1) is 12.7. The highest BCUT2D eigenvalue weighted by Crippen LogP contribution is 2.29. The van der Waals surface area contributed by atoms with E-state index in [1.807, 2.05) is 0 Å². The second-order valence-electron chi connectivity index (χ2n) is 3.50. The molecule has 0 aliphatic rings. The number of thiophene rings is 1. The van der Waals surface area contributed by atoms with Crippen LogP contribution in [-0.2, 0) is 6.42 Å². The van der Waals surface area contributed by atoms with Crippen LogP contribution in [0.25, 0.3) is 0 Å². The Morgan fingerprint density at radius 1 is 1.47 bits per heavy atom. The monoisotopic (exact) mass is 290 g/mol. The number of halogens is 1. The molecule has 0 atom stereocenters. The van der Waals surface area contributed by atoms with Crippen LogP contribution in [-0.4, -0.2) is 11.1 Å². The highest BCUT2D eigenvalue weighted by atomic mass is 79.9. The van der Waals surface area contributed by atoms with Crippen LogP contribution < -0.4 is 0 Å². The summed E-state index contributed by atoms with van der Waals surface area (Å²) in [5.41, 5.74) is 0. The van der Waals surface area contributed by atoms with Crippen molar-refractivity contribution >= 4 is 33.2 Å². The molecule has 1 N–H and O–H groups in total. The smallest absolute Gasteiger partial charge is 0.345 e. The molecule has 0 spiro atoms. The number of carboxylic acids is 1. The lowest BCUT2D eigenvalue weighted by Crippen LogP contribution is -1.89. The average Bonchev–Trinajstić information content (AvgIpc) is 2.55. The van der Waals surface area contributed by atoms with Crippen LogP contribution in [0.5, 0.6) is 0 Å². The standard InChI is InChI=1S/C11H15BrO2S/c1-2-3-4-5-6-9-8(12)7-10(15-9)11(13)14/h7H,2-6H2,1H3,(H,13,14). The van der Waals surface area contributed by atoms with Gasteiger partial charge in [-0.25, -0.2) is 4.79 Å². The van der Waals surface area contributed by atoms with Crippen LogP contribution in [0.15, 0.2) is 10.5 Å². The molecule has 2 nitrogen and oxygen atoms in total. The molecule has 0 radical (unpaired) electrons. The third-order valence-corrected chi connectivity index (χ3v) is 4.38. The molecule has 1 rings (SSSR count). The number of aromatic carboxylic acids is 1. The Labute approximate surface area is 102 Å². The molecule has 1 aromatic heterocycles. The molecule has 0 bridgehead atoms. The van der Waals surface area contributed by atoms with E-state index in [2.05, 4.69) is 22.9 Å². The molecule has 15 heavy (non-hydrogen) atoms. The van der Waals surface area contributed by atoms with E-state index in [9.17, 15) is 4.79 Å². The Morgan fingerprint density at radius 2 is 2.20 bits per heavy atom. The van der Waals surface area contributed by atoms with Crippen molar-refractivity contribution in [2.24, 2.45) is 0 Å². The Kier molecular flexibility index (Phi) is 5.32. The van der Waals surface area contributed by atoms with E-state index in [-0.39, 0.29) is 0 Å². The van der Waals surface area contributed by atoms with Crippen molar-refractivity contribution in [3.8, 4) is 0 Å². The van der Waals surface area contributed by atoms with E-state index < -0.39 is 5.97 Å². The number of carbonyl (C=O) groups is 1. The van der Waals surface area contributed by atoms with Gasteiger partial charge in [0.25, 0.3) is 0 Å². The summed E-state index contributed by atoms with van der Waals surface area (Å²) < 4.78 is 0.946. The van der Waals surface area contributed by atoms with Gasteiger partial charge in [-0.15, -0.1) is 11.3 Å². The molecular formula is C11H15BrO2S. The summed E-state index contributed by atoms with van der Waals surface area (Å²) in [6.07, 6.45) is 5.84. The summed E-state index contributed by atoms with van der Waals surface area (Å²) in [5.74, 6) is -0.833. The van der Waals surface area contributed by atoms with Crippen molar-refractivity contribution in [1.82, 2.24) is 0 Å². The number of hydrogen-bond donors (Lipinski definition) is 1. The first-order chi connectivity index (χ1) is 7.15. The lowest BCUT2D eigenvalue weighted by atomic mass is 10.1. The predicted octanol–water partition coefficient (Wildman–Crippen LogP) is 4.33. The average molecular weight is 291 g/mol. The highest BCUT2D eigenvalue weighted by molar-refractivity contribution is 9.10. The zero-order chi connectivity index (χ0) is 11.3. The quantitative estimate of drug-likeness (QED) is 0.792. The van der Waals surface area contributed by atoms with Crippen LogP contribution in [0.1, 0.15) is 47.2 Å². The van der Waals surface area contributed by atoms with E-state index in [0.29, 0.717) is 4.88 Å². The fourth-order valence-electron chi connectivity index (χ4n) is 1.39. The van der Waals surface area contributed by atoms with Crippen molar-refractivity contribution in [2.75, 3.05) is 0 Å². The molecule has 1 aromatic rings. The van der Waals surface area contributed by atoms with Gasteiger partial charge in [0.2, 0.25) is 0 Å². The van der Waals surface area contributed by atoms with Gasteiger partial charge in [-0.1, -0.05) is 26.2 Å². The molecule has 0 fully saturated rings. The summed E-state index contributed by atoms with van der Waals surface area (Å²) >= 11 is 4.78. The summed E-state index contributed by atoms with van der Waals surface area (Å²) in [6.45, 7) is 2.18. The third kappa shape index (κ3) is 3.95. The van der Waals surface area contributed by atoms with E-state index in [0.717, 1.165) is 22.2 Å². The maximum atomic E-state index is 10.7. The molecule has 0 aliphatic heterocycles. The second-order valence-corrected chi connectivity index (χ2v) is 5.49. The largest absolute Gasteiger partial charge is 0.477 e. The maximum Gasteiger partial charge on any atom is 0.345 e. The summed E-state index contributed by atoms with van der Waals surface area (Å²) in [5, 5.41) is 8.82. The zero-order valence-electron chi connectivity index (χ0n) is 8.75. The molecule has 1 heterocycles. The van der Waals surface area contributed by atoms with Gasteiger partial charge in [0.05, 0.1) is 0 Å². The fourth-order valence-corrected chi connectivity index (χ4v) is 3.15. The minimum absolute atomic E-state index is 0.423. The van der Waals surface area contributed by atoms with Crippen LogP contribution in [0, 0.1) is 0 Å². The second kappa shape index (κ2) is 6.28. The molecular weight excluding hydrogens is 276 g/mol. The van der Waals surface area contributed by atoms with Crippen LogP contribution in [0.2, 0.25) is 0 Å². The van der Waals surface area contributed by atoms with Crippen molar-refractivity contribution in [3.05, 3.63) is 20.3 Å². The van der Waals surface area contributed by atoms with Crippen LogP contribution >= 0.6 is 27.3 Å². The SMILES string of the molecule is CCCCCCc1sc(C(=O)O)cc1Br. The molecule has 0 saturated heterocycles. The molecule has 84 valence electrons. The van der Waals surface area contributed by atoms with E-state index in [1.165, 1.54) is 30.6 Å². The summed E-state index contributed by atoms with van der Waals surface area (Å²) in [4.78, 5) is 12.3. The lowest BCUT2D eigenvalue weighted by Gasteiger charge is -1.98. The number of rotatable bonds is 6. The molecule has 0 amide bonds. The lowest BCUT2D eigenvalue weighted by molar-refractivity contribution is 0.0702. The van der Waals surface area contributed by atoms with Gasteiger partial charge >= 0.3 is 5.97 Å². The van der Waals surface area contributed by atoms with Gasteiger partial charge in [-0.2, -0.15) is 0 Å². The van der Waals surface area contributed by atoms with Crippen LogP contribution in [0.3, 0.4) is 0 Å². The maximum absolute atomic E-state index is 10.7. The van der Waals surface area contributed by atoms with Crippen molar-refractivity contribution in [3.63, 3.8) is 0 Å². The number of carboxylic acid groups (broad SMARTS) is 1. The van der Waals surface area contributed by atoms with Gasteiger partial charge in [0.15, 0.2) is 0 Å². The highest BCUT2D eigenvalue weighted by Gasteiger charge is 2.11. The van der Waals surface area contributed by atoms with Gasteiger partial charge < -0.3 is 5.11 Å². The summed E-state index contributed by atoms with van der Waals surface area (Å²) in [6, 6.07) is 1.70. The molecule has 0 aliphatic carbocycles. The zero-order valence-corrected chi connectivity index (χ0v) is 11.2. The van der Waals surface area contributed by atoms with Crippen molar-refractivity contribution in [1.29, 1.82) is 0 Å². The van der Waals surface area contributed by atoms with E-state index in [1.54, 1.807) is 6.07 Å². The Morgan fingerprint density at radius 3 is 2.73 bits per heavy atom.